The standard InChI is InChI=1S/C8H17NO2/c1-8(2,3)9-6-4-5-7(10)11/h9H,4-6H2,1-3H3,(H,10,11)/i4D/hD. The van der Waals surface area contributed by atoms with E-state index in [1.807, 2.05) is 20.8 Å². The predicted molar refractivity (Wildman–Crippen MR) is 44.6 cm³/mol. The quantitative estimate of drug-likeness (QED) is 0.652. The molecule has 0 saturated heterocycles. The molecule has 0 aromatic rings. The van der Waals surface area contributed by atoms with Crippen LogP contribution in [0.1, 0.15) is 35.0 Å². The van der Waals surface area contributed by atoms with Gasteiger partial charge < -0.3 is 10.4 Å². The zero-order valence-electron chi connectivity index (χ0n) is 9.31. The molecule has 0 aliphatic heterocycles. The van der Waals surface area contributed by atoms with Crippen molar-refractivity contribution < 1.29 is 11.3 Å². The Morgan fingerprint density at radius 1 is 1.73 bits per heavy atom. The highest BCUT2D eigenvalue weighted by Crippen LogP contribution is 1.98. The molecule has 3 nitrogen and oxygen atoms in total. The summed E-state index contributed by atoms with van der Waals surface area (Å²) >= 11 is 0. The Morgan fingerprint density at radius 3 is 2.82 bits per heavy atom. The zero-order valence-corrected chi connectivity index (χ0v) is 7.31. The average molecular weight is 161 g/mol. The molecule has 0 fully saturated rings. The van der Waals surface area contributed by atoms with E-state index in [0.29, 0.717) is 6.54 Å². The highest BCUT2D eigenvalue weighted by atomic mass is 16.4. The van der Waals surface area contributed by atoms with Gasteiger partial charge in [-0.1, -0.05) is 0 Å². The lowest BCUT2D eigenvalue weighted by Crippen LogP contribution is -2.36. The maximum atomic E-state index is 10.6. The Morgan fingerprint density at radius 2 is 2.36 bits per heavy atom. The van der Waals surface area contributed by atoms with Crippen LogP contribution in [0.3, 0.4) is 0 Å². The first-order chi connectivity index (χ1) is 5.85. The number of carboxylic acid groups (broad SMARTS) is 1. The van der Waals surface area contributed by atoms with Gasteiger partial charge in [-0.2, -0.15) is 0 Å². The fourth-order valence-electron chi connectivity index (χ4n) is 0.568. The lowest BCUT2D eigenvalue weighted by Gasteiger charge is -2.19. The van der Waals surface area contributed by atoms with Gasteiger partial charge in [-0.15, -0.1) is 0 Å². The topological polar surface area (TPSA) is 49.3 Å². The minimum Gasteiger partial charge on any atom is -0.481 e. The molecule has 0 saturated carbocycles. The fourth-order valence-corrected chi connectivity index (χ4v) is 0.568. The van der Waals surface area contributed by atoms with Crippen LogP contribution in [0.4, 0.5) is 0 Å². The molecule has 1 atom stereocenters. The van der Waals surface area contributed by atoms with Crippen LogP contribution in [0.25, 0.3) is 1.43 Å². The Labute approximate surface area is 70.7 Å². The predicted octanol–water partition coefficient (Wildman–Crippen LogP) is 1.24. The second-order valence-corrected chi connectivity index (χ2v) is 3.50. The zero-order chi connectivity index (χ0) is 10.5. The minimum absolute atomic E-state index is 0.0351. The van der Waals surface area contributed by atoms with Gasteiger partial charge in [0.05, 0.1) is 0 Å². The van der Waals surface area contributed by atoms with Crippen LogP contribution in [0.15, 0.2) is 0 Å². The molecule has 0 amide bonds. The summed E-state index contributed by atoms with van der Waals surface area (Å²) in [6, 6.07) is 0. The molecule has 0 aliphatic carbocycles. The van der Waals surface area contributed by atoms with Crippen LogP contribution in [-0.2, 0) is 4.79 Å². The normalized spacial score (nSPS) is 16.6. The highest BCUT2D eigenvalue weighted by Gasteiger charge is 2.07. The SMILES string of the molecule is [2H]OC(=O)CC([2H])CNC(C)(C)C. The van der Waals surface area contributed by atoms with Crippen molar-refractivity contribution in [3.05, 3.63) is 0 Å². The van der Waals surface area contributed by atoms with Crippen LogP contribution in [0.2, 0.25) is 0 Å². The van der Waals surface area contributed by atoms with Crippen molar-refractivity contribution >= 4 is 5.97 Å². The van der Waals surface area contributed by atoms with Crippen molar-refractivity contribution in [3.63, 3.8) is 0 Å². The van der Waals surface area contributed by atoms with E-state index in [0.717, 1.165) is 0 Å². The van der Waals surface area contributed by atoms with Crippen LogP contribution >= 0.6 is 0 Å². The molecule has 0 radical (unpaired) electrons. The van der Waals surface area contributed by atoms with Gasteiger partial charge in [0.2, 0.25) is 0 Å². The molecule has 0 spiro atoms. The van der Waals surface area contributed by atoms with Gasteiger partial charge in [-0.05, 0) is 33.7 Å². The van der Waals surface area contributed by atoms with E-state index in [-0.39, 0.29) is 12.0 Å². The minimum atomic E-state index is -0.657. The molecular formula is C8H17NO2. The van der Waals surface area contributed by atoms with Crippen LogP contribution in [-0.4, -0.2) is 23.2 Å². The smallest absolute Gasteiger partial charge is 0.303 e. The molecule has 0 heterocycles. The van der Waals surface area contributed by atoms with Crippen LogP contribution < -0.4 is 5.32 Å². The maximum absolute atomic E-state index is 10.6. The van der Waals surface area contributed by atoms with Crippen molar-refractivity contribution in [2.24, 2.45) is 0 Å². The van der Waals surface area contributed by atoms with E-state index >= 15 is 0 Å². The van der Waals surface area contributed by atoms with Crippen molar-refractivity contribution in [1.29, 1.82) is 1.43 Å². The molecular weight excluding hydrogens is 142 g/mol. The molecule has 1 unspecified atom stereocenters. The number of aliphatic carboxylic acids is 1. The lowest BCUT2D eigenvalue weighted by atomic mass is 10.1. The first-order valence-electron chi connectivity index (χ1n) is 4.67. The molecule has 0 aromatic heterocycles. The molecule has 0 rings (SSSR count). The largest absolute Gasteiger partial charge is 0.481 e. The van der Waals surface area contributed by atoms with Gasteiger partial charge in [0.15, 0.2) is 0 Å². The van der Waals surface area contributed by atoms with Gasteiger partial charge in [-0.25, -0.2) is 0 Å². The van der Waals surface area contributed by atoms with Gasteiger partial charge >= 0.3 is 5.97 Å². The van der Waals surface area contributed by atoms with Crippen LogP contribution in [0, 0.1) is 0 Å². The van der Waals surface area contributed by atoms with Gasteiger partial charge in [0.1, 0.15) is 0 Å². The van der Waals surface area contributed by atoms with Crippen molar-refractivity contribution in [1.82, 2.24) is 5.32 Å². The second-order valence-electron chi connectivity index (χ2n) is 3.50. The van der Waals surface area contributed by atoms with E-state index < -0.39 is 12.4 Å². The first-order valence-corrected chi connectivity index (χ1v) is 3.68. The van der Waals surface area contributed by atoms with Crippen LogP contribution in [0.5, 0.6) is 0 Å². The summed E-state index contributed by atoms with van der Waals surface area (Å²) in [7, 11) is 0. The van der Waals surface area contributed by atoms with Crippen molar-refractivity contribution in [2.75, 3.05) is 6.54 Å². The third-order valence-electron chi connectivity index (χ3n) is 1.09. The van der Waals surface area contributed by atoms with Gasteiger partial charge in [0.25, 0.3) is 1.43 Å². The Balaban J connectivity index is 3.63. The van der Waals surface area contributed by atoms with E-state index in [9.17, 15) is 4.79 Å². The molecule has 11 heavy (non-hydrogen) atoms. The fraction of sp³-hybridized carbons (Fsp3) is 0.875. The Hall–Kier alpha value is -0.570. The second kappa shape index (κ2) is 4.34. The number of carboxylic acids is 1. The summed E-state index contributed by atoms with van der Waals surface area (Å²) in [6.07, 6.45) is -0.580. The lowest BCUT2D eigenvalue weighted by molar-refractivity contribution is -0.137. The molecule has 66 valence electrons. The summed E-state index contributed by atoms with van der Waals surface area (Å²) < 4.78 is 13.7. The third kappa shape index (κ3) is 9.43. The van der Waals surface area contributed by atoms with Gasteiger partial charge in [0, 0.05) is 13.3 Å². The molecule has 0 bridgehead atoms. The molecule has 0 aliphatic rings. The van der Waals surface area contributed by atoms with E-state index in [4.69, 9.17) is 2.80 Å². The summed E-state index contributed by atoms with van der Waals surface area (Å²) in [5.41, 5.74) is -0.0514. The Kier molecular flexibility index (Phi) is 2.80. The summed E-state index contributed by atoms with van der Waals surface area (Å²) in [4.78, 5) is 10.6. The van der Waals surface area contributed by atoms with E-state index in [1.54, 1.807) is 0 Å². The summed E-state index contributed by atoms with van der Waals surface area (Å²) in [5, 5.41) is 6.81. The van der Waals surface area contributed by atoms with Gasteiger partial charge in [-0.3, -0.25) is 4.79 Å². The van der Waals surface area contributed by atoms with E-state index in [1.165, 1.54) is 0 Å². The third-order valence-corrected chi connectivity index (χ3v) is 1.09. The monoisotopic (exact) mass is 161 g/mol. The summed E-state index contributed by atoms with van der Waals surface area (Å²) in [5.74, 6) is -0.657. The maximum Gasteiger partial charge on any atom is 0.303 e. The number of hydrogen-bond acceptors (Lipinski definition) is 3. The van der Waals surface area contributed by atoms with E-state index in [2.05, 4.69) is 10.4 Å². The molecule has 2 N–H and O–H groups in total. The first kappa shape index (κ1) is 7.10. The van der Waals surface area contributed by atoms with Crippen molar-refractivity contribution in [3.8, 4) is 0 Å². The molecule has 3 heteroatoms. The average Bonchev–Trinajstić information content (AvgIpc) is 1.99. The number of hydrogen-bond donors (Lipinski definition) is 2. The van der Waals surface area contributed by atoms with Crippen molar-refractivity contribution in [2.45, 2.75) is 39.1 Å². The molecule has 0 aromatic carbocycles. The highest BCUT2D eigenvalue weighted by molar-refractivity contribution is 5.66. The summed E-state index contributed by atoms with van der Waals surface area (Å²) in [6.45, 7) is 6.40. The Bertz CT molecular complexity index is 168. The number of rotatable bonds is 4. The number of nitrogens with one attached hydrogen (secondary N) is 1. The number of carbonyl (C=O) groups is 1.